The molecule has 0 unspecified atom stereocenters. The molecule has 0 aromatic rings. The Labute approximate surface area is 101 Å². The molecule has 1 fully saturated rings. The molecule has 1 aliphatic rings. The quantitative estimate of drug-likeness (QED) is 0.784. The normalized spacial score (nSPS) is 15.4. The van der Waals surface area contributed by atoms with Crippen molar-refractivity contribution in [1.29, 1.82) is 0 Å². The van der Waals surface area contributed by atoms with Crippen molar-refractivity contribution in [3.05, 3.63) is 12.3 Å². The Morgan fingerprint density at radius 2 is 1.76 bits per heavy atom. The van der Waals surface area contributed by atoms with Crippen LogP contribution >= 0.6 is 0 Å². The summed E-state index contributed by atoms with van der Waals surface area (Å²) in [6.45, 7) is 9.51. The standard InChI is InChI=1S/C11H19N3O3/c1-4-17-11(16)14-7-5-13(6-8-14)10(15)12-9(2)3/h2,4-8H2,1,3H3,(H,12,15). The van der Waals surface area contributed by atoms with Gasteiger partial charge in [-0.3, -0.25) is 0 Å². The molecule has 0 spiro atoms. The summed E-state index contributed by atoms with van der Waals surface area (Å²) in [6.07, 6.45) is -0.313. The van der Waals surface area contributed by atoms with Gasteiger partial charge in [0.2, 0.25) is 0 Å². The van der Waals surface area contributed by atoms with E-state index in [0.717, 1.165) is 0 Å². The van der Waals surface area contributed by atoms with Gasteiger partial charge in [-0.15, -0.1) is 0 Å². The molecule has 0 aromatic heterocycles. The molecule has 0 aliphatic carbocycles. The van der Waals surface area contributed by atoms with Crippen LogP contribution in [-0.4, -0.2) is 54.7 Å². The van der Waals surface area contributed by atoms with Crippen molar-refractivity contribution in [1.82, 2.24) is 15.1 Å². The lowest BCUT2D eigenvalue weighted by molar-refractivity contribution is 0.0855. The molecular weight excluding hydrogens is 222 g/mol. The summed E-state index contributed by atoms with van der Waals surface area (Å²) in [5.74, 6) is 0. The van der Waals surface area contributed by atoms with Gasteiger partial charge in [-0.2, -0.15) is 0 Å². The van der Waals surface area contributed by atoms with Crippen molar-refractivity contribution in [2.45, 2.75) is 13.8 Å². The second-order valence-corrected chi connectivity index (χ2v) is 3.88. The van der Waals surface area contributed by atoms with Crippen LogP contribution in [0.15, 0.2) is 12.3 Å². The summed E-state index contributed by atoms with van der Waals surface area (Å²) < 4.78 is 4.90. The van der Waals surface area contributed by atoms with E-state index in [-0.39, 0.29) is 12.1 Å². The lowest BCUT2D eigenvalue weighted by Crippen LogP contribution is -2.53. The summed E-state index contributed by atoms with van der Waals surface area (Å²) in [6, 6.07) is -0.166. The third kappa shape index (κ3) is 3.97. The number of allylic oxidation sites excluding steroid dienone is 1. The number of amides is 3. The van der Waals surface area contributed by atoms with E-state index in [9.17, 15) is 9.59 Å². The molecule has 6 heteroatoms. The van der Waals surface area contributed by atoms with Crippen molar-refractivity contribution in [3.63, 3.8) is 0 Å². The van der Waals surface area contributed by atoms with Gasteiger partial charge in [0.25, 0.3) is 0 Å². The molecule has 6 nitrogen and oxygen atoms in total. The fourth-order valence-corrected chi connectivity index (χ4v) is 1.57. The SMILES string of the molecule is C=C(C)NC(=O)N1CCN(C(=O)OCC)CC1. The number of piperazine rings is 1. The minimum Gasteiger partial charge on any atom is -0.450 e. The van der Waals surface area contributed by atoms with E-state index in [1.165, 1.54) is 0 Å². The number of nitrogens with one attached hydrogen (secondary N) is 1. The second-order valence-electron chi connectivity index (χ2n) is 3.88. The average Bonchev–Trinajstić information content (AvgIpc) is 2.28. The van der Waals surface area contributed by atoms with Gasteiger partial charge >= 0.3 is 12.1 Å². The first-order chi connectivity index (χ1) is 8.04. The number of carbonyl (C=O) groups is 2. The van der Waals surface area contributed by atoms with Crippen LogP contribution in [0, 0.1) is 0 Å². The molecule has 1 saturated heterocycles. The summed E-state index contributed by atoms with van der Waals surface area (Å²) in [7, 11) is 0. The van der Waals surface area contributed by atoms with E-state index in [2.05, 4.69) is 11.9 Å². The highest BCUT2D eigenvalue weighted by Crippen LogP contribution is 2.04. The van der Waals surface area contributed by atoms with Crippen molar-refractivity contribution in [3.8, 4) is 0 Å². The fraction of sp³-hybridized carbons (Fsp3) is 0.636. The molecule has 1 N–H and O–H groups in total. The van der Waals surface area contributed by atoms with E-state index in [1.54, 1.807) is 23.6 Å². The van der Waals surface area contributed by atoms with Gasteiger partial charge in [0.1, 0.15) is 0 Å². The first kappa shape index (κ1) is 13.3. The summed E-state index contributed by atoms with van der Waals surface area (Å²) >= 11 is 0. The van der Waals surface area contributed by atoms with E-state index in [0.29, 0.717) is 38.5 Å². The number of carbonyl (C=O) groups excluding carboxylic acids is 2. The molecule has 17 heavy (non-hydrogen) atoms. The van der Waals surface area contributed by atoms with Crippen LogP contribution < -0.4 is 5.32 Å². The Balaban J connectivity index is 2.37. The van der Waals surface area contributed by atoms with Gasteiger partial charge in [-0.05, 0) is 13.8 Å². The van der Waals surface area contributed by atoms with Crippen LogP contribution in [0.25, 0.3) is 0 Å². The number of urea groups is 1. The Morgan fingerprint density at radius 1 is 1.24 bits per heavy atom. The summed E-state index contributed by atoms with van der Waals surface area (Å²) in [5, 5.41) is 2.64. The molecule has 0 radical (unpaired) electrons. The first-order valence-corrected chi connectivity index (χ1v) is 5.67. The minimum atomic E-state index is -0.313. The fourth-order valence-electron chi connectivity index (χ4n) is 1.57. The Bertz CT molecular complexity index is 309. The van der Waals surface area contributed by atoms with E-state index < -0.39 is 0 Å². The summed E-state index contributed by atoms with van der Waals surface area (Å²) in [5.41, 5.74) is 0.614. The molecule has 0 atom stereocenters. The maximum atomic E-state index is 11.6. The molecule has 0 bridgehead atoms. The third-order valence-electron chi connectivity index (χ3n) is 2.41. The number of hydrogen-bond acceptors (Lipinski definition) is 3. The van der Waals surface area contributed by atoms with Crippen LogP contribution in [0.4, 0.5) is 9.59 Å². The van der Waals surface area contributed by atoms with Crippen molar-refractivity contribution < 1.29 is 14.3 Å². The van der Waals surface area contributed by atoms with Crippen molar-refractivity contribution in [2.75, 3.05) is 32.8 Å². The van der Waals surface area contributed by atoms with Crippen molar-refractivity contribution in [2.24, 2.45) is 0 Å². The lowest BCUT2D eigenvalue weighted by atomic mass is 10.3. The largest absolute Gasteiger partial charge is 0.450 e. The Kier molecular flexibility index (Phi) is 4.81. The van der Waals surface area contributed by atoms with Crippen LogP contribution in [-0.2, 0) is 4.74 Å². The zero-order valence-electron chi connectivity index (χ0n) is 10.4. The number of nitrogens with zero attached hydrogens (tertiary/aromatic N) is 2. The maximum absolute atomic E-state index is 11.6. The van der Waals surface area contributed by atoms with E-state index in [1.807, 2.05) is 0 Å². The molecule has 1 aliphatic heterocycles. The molecule has 1 rings (SSSR count). The zero-order chi connectivity index (χ0) is 12.8. The second kappa shape index (κ2) is 6.12. The molecule has 1 heterocycles. The van der Waals surface area contributed by atoms with Crippen molar-refractivity contribution >= 4 is 12.1 Å². The average molecular weight is 241 g/mol. The number of hydrogen-bond donors (Lipinski definition) is 1. The molecule has 96 valence electrons. The molecule has 3 amide bonds. The zero-order valence-corrected chi connectivity index (χ0v) is 10.4. The Morgan fingerprint density at radius 3 is 2.24 bits per heavy atom. The van der Waals surface area contributed by atoms with Gasteiger partial charge in [0.15, 0.2) is 0 Å². The van der Waals surface area contributed by atoms with E-state index in [4.69, 9.17) is 4.74 Å². The van der Waals surface area contributed by atoms with Crippen LogP contribution in [0.3, 0.4) is 0 Å². The third-order valence-corrected chi connectivity index (χ3v) is 2.41. The highest BCUT2D eigenvalue weighted by molar-refractivity contribution is 5.76. The molecular formula is C11H19N3O3. The highest BCUT2D eigenvalue weighted by atomic mass is 16.6. The van der Waals surface area contributed by atoms with Gasteiger partial charge in [-0.25, -0.2) is 9.59 Å². The van der Waals surface area contributed by atoms with Crippen LogP contribution in [0.2, 0.25) is 0 Å². The smallest absolute Gasteiger partial charge is 0.409 e. The summed E-state index contributed by atoms with van der Waals surface area (Å²) in [4.78, 5) is 26.3. The lowest BCUT2D eigenvalue weighted by Gasteiger charge is -2.33. The highest BCUT2D eigenvalue weighted by Gasteiger charge is 2.24. The maximum Gasteiger partial charge on any atom is 0.409 e. The first-order valence-electron chi connectivity index (χ1n) is 5.67. The topological polar surface area (TPSA) is 61.9 Å². The van der Waals surface area contributed by atoms with Gasteiger partial charge in [-0.1, -0.05) is 6.58 Å². The van der Waals surface area contributed by atoms with Crippen LogP contribution in [0.1, 0.15) is 13.8 Å². The predicted octanol–water partition coefficient (Wildman–Crippen LogP) is 1.00. The minimum absolute atomic E-state index is 0.166. The van der Waals surface area contributed by atoms with Gasteiger partial charge < -0.3 is 19.9 Å². The number of rotatable bonds is 2. The predicted molar refractivity (Wildman–Crippen MR) is 63.5 cm³/mol. The molecule has 0 aromatic carbocycles. The molecule has 0 saturated carbocycles. The van der Waals surface area contributed by atoms with Gasteiger partial charge in [0.05, 0.1) is 6.61 Å². The van der Waals surface area contributed by atoms with Gasteiger partial charge in [0, 0.05) is 31.9 Å². The monoisotopic (exact) mass is 241 g/mol. The number of ether oxygens (including phenoxy) is 1. The van der Waals surface area contributed by atoms with E-state index >= 15 is 0 Å². The van der Waals surface area contributed by atoms with Crippen LogP contribution in [0.5, 0.6) is 0 Å². The Hall–Kier alpha value is -1.72.